The third-order valence-corrected chi connectivity index (χ3v) is 5.18. The smallest absolute Gasteiger partial charge is 0.242 e. The number of hydrogen-bond donors (Lipinski definition) is 1. The van der Waals surface area contributed by atoms with Gasteiger partial charge in [0.25, 0.3) is 0 Å². The summed E-state index contributed by atoms with van der Waals surface area (Å²) in [4.78, 5) is 0.134. The predicted molar refractivity (Wildman–Crippen MR) is 78.4 cm³/mol. The van der Waals surface area contributed by atoms with Gasteiger partial charge in [0.1, 0.15) is 5.82 Å². The zero-order valence-corrected chi connectivity index (χ0v) is 13.3. The molecule has 0 spiro atoms. The monoisotopic (exact) mass is 302 g/mol. The second-order valence-corrected chi connectivity index (χ2v) is 7.13. The van der Waals surface area contributed by atoms with Gasteiger partial charge in [0.2, 0.25) is 10.0 Å². The van der Waals surface area contributed by atoms with Gasteiger partial charge in [-0.3, -0.25) is 0 Å². The van der Waals surface area contributed by atoms with Crippen molar-refractivity contribution in [3.63, 3.8) is 0 Å². The van der Waals surface area contributed by atoms with Crippen LogP contribution in [0.2, 0.25) is 0 Å². The molecule has 114 valence electrons. The fourth-order valence-electron chi connectivity index (χ4n) is 1.88. The number of benzene rings is 1. The van der Waals surface area contributed by atoms with Gasteiger partial charge in [0, 0.05) is 25.7 Å². The molecule has 20 heavy (non-hydrogen) atoms. The molecule has 1 rings (SSSR count). The molecule has 0 aliphatic rings. The largest absolute Gasteiger partial charge is 0.316 e. The minimum Gasteiger partial charge on any atom is -0.316 e. The number of nitrogens with one attached hydrogen (secondary N) is 1. The molecule has 4 nitrogen and oxygen atoms in total. The van der Waals surface area contributed by atoms with Crippen LogP contribution in [-0.2, 0) is 16.6 Å². The Morgan fingerprint density at radius 3 is 2.60 bits per heavy atom. The van der Waals surface area contributed by atoms with Gasteiger partial charge in [-0.1, -0.05) is 20.3 Å². The van der Waals surface area contributed by atoms with Gasteiger partial charge in [-0.05, 0) is 31.2 Å². The van der Waals surface area contributed by atoms with Gasteiger partial charge in [-0.25, -0.2) is 17.1 Å². The number of nitrogens with zero attached hydrogens (tertiary/aromatic N) is 1. The van der Waals surface area contributed by atoms with Crippen molar-refractivity contribution in [2.24, 2.45) is 5.92 Å². The predicted octanol–water partition coefficient (Wildman–Crippen LogP) is 2.21. The molecule has 1 N–H and O–H groups in total. The van der Waals surface area contributed by atoms with Crippen LogP contribution in [0.1, 0.15) is 25.8 Å². The van der Waals surface area contributed by atoms with Crippen LogP contribution in [0.4, 0.5) is 4.39 Å². The van der Waals surface area contributed by atoms with Crippen LogP contribution < -0.4 is 5.32 Å². The van der Waals surface area contributed by atoms with Crippen LogP contribution in [0.25, 0.3) is 0 Å². The normalized spacial score (nSPS) is 13.7. The number of rotatable bonds is 7. The van der Waals surface area contributed by atoms with E-state index in [-0.39, 0.29) is 10.8 Å². The molecule has 0 aromatic heterocycles. The summed E-state index contributed by atoms with van der Waals surface area (Å²) in [5.41, 5.74) is 0.352. The molecule has 1 aromatic rings. The van der Waals surface area contributed by atoms with E-state index in [4.69, 9.17) is 0 Å². The molecule has 1 unspecified atom stereocenters. The number of sulfonamides is 1. The summed E-state index contributed by atoms with van der Waals surface area (Å²) in [5, 5.41) is 2.83. The highest BCUT2D eigenvalue weighted by Crippen LogP contribution is 2.19. The summed E-state index contributed by atoms with van der Waals surface area (Å²) in [6.07, 6.45) is 0.911. The van der Waals surface area contributed by atoms with Gasteiger partial charge in [-0.15, -0.1) is 0 Å². The Kier molecular flexibility index (Phi) is 6.10. The first-order chi connectivity index (χ1) is 9.32. The number of hydrogen-bond acceptors (Lipinski definition) is 3. The summed E-state index contributed by atoms with van der Waals surface area (Å²) >= 11 is 0. The fraction of sp³-hybridized carbons (Fsp3) is 0.571. The van der Waals surface area contributed by atoms with E-state index in [9.17, 15) is 12.8 Å². The Balaban J connectivity index is 3.06. The molecule has 1 aromatic carbocycles. The molecule has 0 heterocycles. The topological polar surface area (TPSA) is 49.4 Å². The Hall–Kier alpha value is -0.980. The summed E-state index contributed by atoms with van der Waals surface area (Å²) in [6.45, 7) is 4.78. The average Bonchev–Trinajstić information content (AvgIpc) is 2.41. The third kappa shape index (κ3) is 4.01. The van der Waals surface area contributed by atoms with Crippen molar-refractivity contribution in [3.05, 3.63) is 29.6 Å². The van der Waals surface area contributed by atoms with E-state index in [2.05, 4.69) is 5.32 Å². The Labute approximate surface area is 121 Å². The summed E-state index contributed by atoms with van der Waals surface area (Å²) in [6, 6.07) is 3.92. The lowest BCUT2D eigenvalue weighted by Crippen LogP contribution is -2.31. The van der Waals surface area contributed by atoms with Crippen molar-refractivity contribution in [2.75, 3.05) is 20.6 Å². The van der Waals surface area contributed by atoms with Gasteiger partial charge in [0.15, 0.2) is 0 Å². The van der Waals surface area contributed by atoms with Crippen molar-refractivity contribution >= 4 is 10.0 Å². The molecule has 0 amide bonds. The first-order valence-electron chi connectivity index (χ1n) is 6.72. The molecule has 0 saturated carbocycles. The molecule has 1 atom stereocenters. The minimum absolute atomic E-state index is 0.134. The highest BCUT2D eigenvalue weighted by atomic mass is 32.2. The zero-order valence-electron chi connectivity index (χ0n) is 12.5. The maximum Gasteiger partial charge on any atom is 0.242 e. The van der Waals surface area contributed by atoms with Crippen molar-refractivity contribution in [2.45, 2.75) is 31.7 Å². The zero-order chi connectivity index (χ0) is 15.3. The van der Waals surface area contributed by atoms with Crippen LogP contribution in [0.3, 0.4) is 0 Å². The van der Waals surface area contributed by atoms with E-state index in [1.54, 1.807) is 14.1 Å². The quantitative estimate of drug-likeness (QED) is 0.840. The second kappa shape index (κ2) is 7.15. The average molecular weight is 302 g/mol. The summed E-state index contributed by atoms with van der Waals surface area (Å²) in [7, 11) is -0.315. The molecule has 6 heteroatoms. The van der Waals surface area contributed by atoms with Crippen molar-refractivity contribution < 1.29 is 12.8 Å². The Morgan fingerprint density at radius 1 is 1.40 bits per heavy atom. The van der Waals surface area contributed by atoms with Crippen LogP contribution in [0.15, 0.2) is 23.1 Å². The van der Waals surface area contributed by atoms with Crippen LogP contribution in [0, 0.1) is 11.7 Å². The molecule has 0 saturated heterocycles. The molecular weight excluding hydrogens is 279 g/mol. The van der Waals surface area contributed by atoms with Crippen molar-refractivity contribution in [3.8, 4) is 0 Å². The Bertz CT molecular complexity index is 546. The molecule has 0 radical (unpaired) electrons. The van der Waals surface area contributed by atoms with Gasteiger partial charge in [-0.2, -0.15) is 0 Å². The highest BCUT2D eigenvalue weighted by molar-refractivity contribution is 7.89. The maximum atomic E-state index is 13.6. The van der Waals surface area contributed by atoms with E-state index < -0.39 is 15.8 Å². The first-order valence-corrected chi connectivity index (χ1v) is 8.16. The van der Waals surface area contributed by atoms with E-state index >= 15 is 0 Å². The van der Waals surface area contributed by atoms with Gasteiger partial charge >= 0.3 is 0 Å². The third-order valence-electron chi connectivity index (χ3n) is 3.36. The Morgan fingerprint density at radius 2 is 2.05 bits per heavy atom. The lowest BCUT2D eigenvalue weighted by molar-refractivity contribution is 0.393. The molecule has 0 fully saturated rings. The summed E-state index contributed by atoms with van der Waals surface area (Å²) < 4.78 is 39.8. The molecule has 0 aliphatic carbocycles. The molecule has 0 bridgehead atoms. The van der Waals surface area contributed by atoms with Gasteiger partial charge in [0.05, 0.1) is 4.90 Å². The van der Waals surface area contributed by atoms with Crippen LogP contribution >= 0.6 is 0 Å². The van der Waals surface area contributed by atoms with Gasteiger partial charge < -0.3 is 5.32 Å². The standard InChI is InChI=1S/C14H23FN2O2S/c1-5-11(2)10-17(4)20(18,19)13-6-7-14(15)12(8-13)9-16-3/h6-8,11,16H,5,9-10H2,1-4H3. The lowest BCUT2D eigenvalue weighted by atomic mass is 10.1. The van der Waals surface area contributed by atoms with E-state index in [1.807, 2.05) is 13.8 Å². The first kappa shape index (κ1) is 17.1. The van der Waals surface area contributed by atoms with Crippen LogP contribution in [0.5, 0.6) is 0 Å². The van der Waals surface area contributed by atoms with Crippen molar-refractivity contribution in [1.29, 1.82) is 0 Å². The molecule has 0 aliphatic heterocycles. The summed E-state index contributed by atoms with van der Waals surface area (Å²) in [5.74, 6) is -0.116. The minimum atomic E-state index is -3.56. The molecular formula is C14H23FN2O2S. The van der Waals surface area contributed by atoms with Crippen molar-refractivity contribution in [1.82, 2.24) is 9.62 Å². The maximum absolute atomic E-state index is 13.6. The van der Waals surface area contributed by atoms with E-state index in [0.717, 1.165) is 6.42 Å². The number of halogens is 1. The lowest BCUT2D eigenvalue weighted by Gasteiger charge is -2.21. The highest BCUT2D eigenvalue weighted by Gasteiger charge is 2.22. The van der Waals surface area contributed by atoms with Crippen LogP contribution in [-0.4, -0.2) is 33.4 Å². The fourth-order valence-corrected chi connectivity index (χ4v) is 3.23. The SMILES string of the molecule is CCC(C)CN(C)S(=O)(=O)c1ccc(F)c(CNC)c1. The van der Waals surface area contributed by atoms with E-state index in [0.29, 0.717) is 18.7 Å². The second-order valence-electron chi connectivity index (χ2n) is 5.08. The van der Waals surface area contributed by atoms with E-state index in [1.165, 1.54) is 22.5 Å².